The fraction of sp³-hybridized carbons (Fsp3) is 0.429. The highest BCUT2D eigenvalue weighted by molar-refractivity contribution is 7.71. The topological polar surface area (TPSA) is 65.3 Å². The summed E-state index contributed by atoms with van der Waals surface area (Å²) in [6.45, 7) is 3.99. The molecule has 8 nitrogen and oxygen atoms in total. The molecule has 3 heterocycles. The van der Waals surface area contributed by atoms with Crippen LogP contribution in [-0.2, 0) is 26.8 Å². The Labute approximate surface area is 179 Å². The van der Waals surface area contributed by atoms with Crippen LogP contribution >= 0.6 is 12.2 Å². The largest absolute Gasteiger partial charge is 0.337 e. The van der Waals surface area contributed by atoms with Gasteiger partial charge in [-0.1, -0.05) is 19.1 Å². The molecule has 0 radical (unpaired) electrons. The standard InChI is InChI=1S/C21H25N7OS/c1-3-11-26-19(29)16-6-4-5-7-17(16)28-20(26)23-27(21(28)30)14-25(15-8-9-15)13-18-22-10-12-24(18)2/h4-7,10,12,15H,3,8-9,11,13-14H2,1-2H3. The average Bonchev–Trinajstić information content (AvgIpc) is 3.44. The lowest BCUT2D eigenvalue weighted by atomic mass is 10.2. The van der Waals surface area contributed by atoms with E-state index in [4.69, 9.17) is 17.3 Å². The van der Waals surface area contributed by atoms with Crippen LogP contribution in [0.3, 0.4) is 0 Å². The number of hydrogen-bond donors (Lipinski definition) is 0. The molecule has 4 aromatic rings. The third-order valence-corrected chi connectivity index (χ3v) is 6.17. The van der Waals surface area contributed by atoms with E-state index in [2.05, 4.69) is 16.8 Å². The van der Waals surface area contributed by atoms with E-state index in [1.807, 2.05) is 57.4 Å². The van der Waals surface area contributed by atoms with Crippen LogP contribution in [0.2, 0.25) is 0 Å². The van der Waals surface area contributed by atoms with Crippen molar-refractivity contribution in [1.29, 1.82) is 0 Å². The third-order valence-electron chi connectivity index (χ3n) is 5.78. The Kier molecular flexibility index (Phi) is 4.79. The first-order valence-electron chi connectivity index (χ1n) is 10.4. The van der Waals surface area contributed by atoms with Crippen LogP contribution in [-0.4, -0.2) is 39.2 Å². The lowest BCUT2D eigenvalue weighted by Crippen LogP contribution is -2.30. The molecule has 1 aliphatic rings. The molecule has 1 aliphatic carbocycles. The zero-order chi connectivity index (χ0) is 20.8. The number of rotatable bonds is 7. The number of hydrogen-bond acceptors (Lipinski definition) is 5. The SMILES string of the molecule is CCCn1c(=O)c2ccccc2n2c(=S)n(CN(Cc3nccn3C)C3CC3)nc12. The van der Waals surface area contributed by atoms with Crippen LogP contribution in [0.15, 0.2) is 41.5 Å². The van der Waals surface area contributed by atoms with Crippen molar-refractivity contribution in [2.45, 2.75) is 52.0 Å². The van der Waals surface area contributed by atoms with Crippen LogP contribution in [0.5, 0.6) is 0 Å². The number of aromatic nitrogens is 6. The molecule has 1 saturated carbocycles. The van der Waals surface area contributed by atoms with Crippen molar-refractivity contribution < 1.29 is 0 Å². The molecule has 30 heavy (non-hydrogen) atoms. The Morgan fingerprint density at radius 3 is 2.77 bits per heavy atom. The molecule has 0 aliphatic heterocycles. The molecule has 5 rings (SSSR count). The van der Waals surface area contributed by atoms with E-state index in [0.717, 1.165) is 24.3 Å². The van der Waals surface area contributed by atoms with E-state index in [-0.39, 0.29) is 5.56 Å². The number of para-hydroxylation sites is 1. The average molecular weight is 424 g/mol. The smallest absolute Gasteiger partial charge is 0.262 e. The van der Waals surface area contributed by atoms with E-state index in [1.54, 1.807) is 4.57 Å². The second-order valence-corrected chi connectivity index (χ2v) is 8.33. The molecular formula is C21H25N7OS. The molecule has 156 valence electrons. The molecule has 0 saturated heterocycles. The van der Waals surface area contributed by atoms with Gasteiger partial charge in [-0.2, -0.15) is 0 Å². The first-order chi connectivity index (χ1) is 14.6. The second kappa shape index (κ2) is 7.48. The molecule has 3 aromatic heterocycles. The molecule has 0 N–H and O–H groups in total. The van der Waals surface area contributed by atoms with Crippen molar-refractivity contribution in [2.24, 2.45) is 7.05 Å². The normalized spacial score (nSPS) is 14.4. The molecule has 0 unspecified atom stereocenters. The van der Waals surface area contributed by atoms with Gasteiger partial charge in [0.25, 0.3) is 5.56 Å². The van der Waals surface area contributed by atoms with E-state index >= 15 is 0 Å². The van der Waals surface area contributed by atoms with E-state index in [9.17, 15) is 4.79 Å². The minimum atomic E-state index is -0.0147. The fourth-order valence-corrected chi connectivity index (χ4v) is 4.30. The quantitative estimate of drug-likeness (QED) is 0.428. The Balaban J connectivity index is 1.63. The highest BCUT2D eigenvalue weighted by atomic mass is 32.1. The maximum absolute atomic E-state index is 13.1. The van der Waals surface area contributed by atoms with Crippen molar-refractivity contribution >= 4 is 28.9 Å². The Hall–Kier alpha value is -2.78. The maximum Gasteiger partial charge on any atom is 0.262 e. The Morgan fingerprint density at radius 2 is 2.07 bits per heavy atom. The van der Waals surface area contributed by atoms with Crippen molar-refractivity contribution in [1.82, 2.24) is 33.2 Å². The zero-order valence-corrected chi connectivity index (χ0v) is 18.0. The summed E-state index contributed by atoms with van der Waals surface area (Å²) in [5.74, 6) is 1.63. The Bertz CT molecular complexity index is 1340. The molecule has 1 aromatic carbocycles. The van der Waals surface area contributed by atoms with Gasteiger partial charge in [-0.15, -0.1) is 5.10 Å². The van der Waals surface area contributed by atoms with Crippen LogP contribution in [0.25, 0.3) is 16.7 Å². The fourth-order valence-electron chi connectivity index (χ4n) is 4.02. The Morgan fingerprint density at radius 1 is 1.27 bits per heavy atom. The number of fused-ring (bicyclic) bond motifs is 3. The van der Waals surface area contributed by atoms with Crippen LogP contribution in [0.4, 0.5) is 0 Å². The first kappa shape index (κ1) is 19.2. The minimum Gasteiger partial charge on any atom is -0.337 e. The summed E-state index contributed by atoms with van der Waals surface area (Å²) in [4.78, 5) is 19.9. The molecule has 1 fully saturated rings. The van der Waals surface area contributed by atoms with E-state index in [1.165, 1.54) is 12.8 Å². The molecule has 9 heteroatoms. The highest BCUT2D eigenvalue weighted by Gasteiger charge is 2.30. The van der Waals surface area contributed by atoms with Crippen molar-refractivity contribution in [3.8, 4) is 0 Å². The van der Waals surface area contributed by atoms with Crippen LogP contribution < -0.4 is 5.56 Å². The molecule has 0 bridgehead atoms. The summed E-state index contributed by atoms with van der Waals surface area (Å²) < 4.78 is 8.19. The first-order valence-corrected chi connectivity index (χ1v) is 10.8. The number of aryl methyl sites for hydroxylation is 2. The molecule has 0 atom stereocenters. The lowest BCUT2D eigenvalue weighted by Gasteiger charge is -2.21. The number of benzene rings is 1. The second-order valence-electron chi connectivity index (χ2n) is 7.97. The predicted octanol–water partition coefficient (Wildman–Crippen LogP) is 2.95. The highest BCUT2D eigenvalue weighted by Crippen LogP contribution is 2.28. The summed E-state index contributed by atoms with van der Waals surface area (Å²) >= 11 is 5.84. The van der Waals surface area contributed by atoms with Gasteiger partial charge in [-0.05, 0) is 43.6 Å². The number of imidazole rings is 1. The van der Waals surface area contributed by atoms with Crippen molar-refractivity contribution in [3.05, 3.63) is 57.6 Å². The third kappa shape index (κ3) is 3.18. The number of nitrogens with zero attached hydrogens (tertiary/aromatic N) is 7. The molecular weight excluding hydrogens is 398 g/mol. The van der Waals surface area contributed by atoms with Gasteiger partial charge in [0, 0.05) is 32.0 Å². The van der Waals surface area contributed by atoms with Gasteiger partial charge in [-0.3, -0.25) is 18.7 Å². The van der Waals surface area contributed by atoms with Gasteiger partial charge in [0.15, 0.2) is 0 Å². The summed E-state index contributed by atoms with van der Waals surface area (Å²) in [7, 11) is 2.01. The van der Waals surface area contributed by atoms with Crippen molar-refractivity contribution in [3.63, 3.8) is 0 Å². The van der Waals surface area contributed by atoms with Gasteiger partial charge in [0.2, 0.25) is 10.5 Å². The van der Waals surface area contributed by atoms with Gasteiger partial charge < -0.3 is 4.57 Å². The predicted molar refractivity (Wildman–Crippen MR) is 118 cm³/mol. The van der Waals surface area contributed by atoms with E-state index < -0.39 is 0 Å². The lowest BCUT2D eigenvalue weighted by molar-refractivity contribution is 0.180. The van der Waals surface area contributed by atoms with Gasteiger partial charge in [0.05, 0.1) is 24.1 Å². The van der Waals surface area contributed by atoms with E-state index in [0.29, 0.717) is 35.2 Å². The van der Waals surface area contributed by atoms with Gasteiger partial charge in [0.1, 0.15) is 5.82 Å². The monoisotopic (exact) mass is 423 g/mol. The zero-order valence-electron chi connectivity index (χ0n) is 17.2. The summed E-state index contributed by atoms with van der Waals surface area (Å²) in [6, 6.07) is 8.14. The minimum absolute atomic E-state index is 0.0147. The summed E-state index contributed by atoms with van der Waals surface area (Å²) in [5, 5.41) is 5.48. The van der Waals surface area contributed by atoms with Gasteiger partial charge >= 0.3 is 0 Å². The maximum atomic E-state index is 13.1. The molecule has 0 spiro atoms. The van der Waals surface area contributed by atoms with Gasteiger partial charge in [-0.25, -0.2) is 9.67 Å². The van der Waals surface area contributed by atoms with Crippen molar-refractivity contribution in [2.75, 3.05) is 0 Å². The summed E-state index contributed by atoms with van der Waals surface area (Å²) in [5.41, 5.74) is 0.794. The summed E-state index contributed by atoms with van der Waals surface area (Å²) in [6.07, 6.45) is 6.99. The van der Waals surface area contributed by atoms with Crippen LogP contribution in [0.1, 0.15) is 32.0 Å². The van der Waals surface area contributed by atoms with Crippen LogP contribution in [0, 0.1) is 4.77 Å². The molecule has 0 amide bonds.